The molecule has 1 fully saturated rings. The summed E-state index contributed by atoms with van der Waals surface area (Å²) in [5.74, 6) is -0.0979. The highest BCUT2D eigenvalue weighted by Gasteiger charge is 2.64. The van der Waals surface area contributed by atoms with Crippen molar-refractivity contribution < 1.29 is 23.1 Å². The Morgan fingerprint density at radius 3 is 1.66 bits per heavy atom. The van der Waals surface area contributed by atoms with Gasteiger partial charge in [-0.3, -0.25) is 4.79 Å². The van der Waals surface area contributed by atoms with Crippen LogP contribution in [0.4, 0.5) is 0 Å². The van der Waals surface area contributed by atoms with Gasteiger partial charge in [-0.2, -0.15) is 0 Å². The van der Waals surface area contributed by atoms with Gasteiger partial charge in [-0.1, -0.05) is 110 Å². The van der Waals surface area contributed by atoms with Crippen LogP contribution < -0.4 is 0 Å². The van der Waals surface area contributed by atoms with Gasteiger partial charge in [0.1, 0.15) is 11.3 Å². The van der Waals surface area contributed by atoms with Gasteiger partial charge in [-0.05, 0) is 31.7 Å². The summed E-state index contributed by atoms with van der Waals surface area (Å²) in [4.78, 5) is 12.7. The Balaban J connectivity index is 2.19. The topological polar surface area (TPSA) is 54.0 Å². The minimum atomic E-state index is -2.64. The van der Waals surface area contributed by atoms with Gasteiger partial charge in [-0.25, -0.2) is 0 Å². The van der Waals surface area contributed by atoms with E-state index in [2.05, 4.69) is 13.8 Å². The molecule has 5 nitrogen and oxygen atoms in total. The van der Waals surface area contributed by atoms with E-state index in [-0.39, 0.29) is 12.1 Å². The van der Waals surface area contributed by atoms with E-state index >= 15 is 0 Å². The molecule has 0 aromatic carbocycles. The summed E-state index contributed by atoms with van der Waals surface area (Å²) < 4.78 is 24.1. The molecule has 35 heavy (non-hydrogen) atoms. The lowest BCUT2D eigenvalue weighted by atomic mass is 10.0. The van der Waals surface area contributed by atoms with Crippen molar-refractivity contribution in [1.82, 2.24) is 0 Å². The van der Waals surface area contributed by atoms with Crippen molar-refractivity contribution in [2.75, 3.05) is 21.3 Å². The van der Waals surface area contributed by atoms with Gasteiger partial charge < -0.3 is 18.3 Å². The van der Waals surface area contributed by atoms with Crippen LogP contribution in [0.3, 0.4) is 0 Å². The first-order valence-corrected chi connectivity index (χ1v) is 16.9. The number of carbonyl (C=O) groups excluding carboxylic acids is 1. The maximum atomic E-state index is 12.7. The highest BCUT2D eigenvalue weighted by Crippen LogP contribution is 2.44. The molecule has 208 valence electrons. The van der Waals surface area contributed by atoms with E-state index in [9.17, 15) is 4.79 Å². The van der Waals surface area contributed by atoms with Crippen molar-refractivity contribution in [3.05, 3.63) is 0 Å². The van der Waals surface area contributed by atoms with E-state index in [4.69, 9.17) is 18.3 Å². The maximum Gasteiger partial charge on any atom is 0.374 e. The predicted molar refractivity (Wildman–Crippen MR) is 148 cm³/mol. The summed E-state index contributed by atoms with van der Waals surface area (Å²) in [6.45, 7) is 4.41. The third kappa shape index (κ3) is 10.8. The summed E-state index contributed by atoms with van der Waals surface area (Å²) >= 11 is 0. The molecule has 0 N–H and O–H groups in total. The summed E-state index contributed by atoms with van der Waals surface area (Å²) in [5.41, 5.74) is 0. The Kier molecular flexibility index (Phi) is 18.3. The zero-order valence-electron chi connectivity index (χ0n) is 24.0. The van der Waals surface area contributed by atoms with Crippen molar-refractivity contribution in [2.24, 2.45) is 0 Å². The molecular formula is C29H58O5Si. The van der Waals surface area contributed by atoms with Crippen LogP contribution in [-0.4, -0.2) is 47.2 Å². The predicted octanol–water partition coefficient (Wildman–Crippen LogP) is 8.41. The molecule has 1 saturated heterocycles. The van der Waals surface area contributed by atoms with Crippen LogP contribution in [0.5, 0.6) is 0 Å². The van der Waals surface area contributed by atoms with E-state index < -0.39 is 13.8 Å². The molecule has 0 radical (unpaired) electrons. The molecular weight excluding hydrogens is 456 g/mol. The van der Waals surface area contributed by atoms with E-state index in [1.165, 1.54) is 83.5 Å². The molecule has 0 aliphatic carbocycles. The molecule has 2 atom stereocenters. The van der Waals surface area contributed by atoms with Crippen molar-refractivity contribution in [1.29, 1.82) is 0 Å². The fourth-order valence-electron chi connectivity index (χ4n) is 5.97. The van der Waals surface area contributed by atoms with Crippen molar-refractivity contribution >= 4 is 14.5 Å². The van der Waals surface area contributed by atoms with Crippen molar-refractivity contribution in [3.8, 4) is 0 Å². The molecule has 1 aliphatic heterocycles. The molecule has 1 aliphatic rings. The Labute approximate surface area is 218 Å². The van der Waals surface area contributed by atoms with Gasteiger partial charge in [0.25, 0.3) is 0 Å². The molecule has 0 aromatic rings. The van der Waals surface area contributed by atoms with Gasteiger partial charge in [0, 0.05) is 27.8 Å². The quantitative estimate of drug-likeness (QED) is 0.0824. The molecule has 1 rings (SSSR count). The third-order valence-corrected chi connectivity index (χ3v) is 12.4. The highest BCUT2D eigenvalue weighted by atomic mass is 28.4. The summed E-state index contributed by atoms with van der Waals surface area (Å²) in [6, 6.07) is 0.876. The molecule has 0 saturated carbocycles. The van der Waals surface area contributed by atoms with Gasteiger partial charge >= 0.3 is 14.5 Å². The van der Waals surface area contributed by atoms with Gasteiger partial charge in [0.15, 0.2) is 0 Å². The SMILES string of the molecule is CCCCCCCCCCCCCCCCCC(=O)OC1CCC[Si](OC)(OC)C1(CCC)OC. The highest BCUT2D eigenvalue weighted by molar-refractivity contribution is 6.71. The Hall–Kier alpha value is -0.433. The lowest BCUT2D eigenvalue weighted by molar-refractivity contribution is -0.168. The first-order valence-electron chi connectivity index (χ1n) is 14.9. The molecule has 1 heterocycles. The van der Waals surface area contributed by atoms with Crippen LogP contribution in [0.2, 0.25) is 6.04 Å². The normalized spacial score (nSPS) is 21.8. The molecule has 0 aromatic heterocycles. The monoisotopic (exact) mass is 514 g/mol. The molecule has 0 bridgehead atoms. The lowest BCUT2D eigenvalue weighted by Crippen LogP contribution is -2.71. The number of rotatable bonds is 22. The first-order chi connectivity index (χ1) is 17.1. The van der Waals surface area contributed by atoms with Crippen LogP contribution in [0, 0.1) is 0 Å². The van der Waals surface area contributed by atoms with Crippen LogP contribution >= 0.6 is 0 Å². The van der Waals surface area contributed by atoms with Gasteiger partial charge in [0.2, 0.25) is 0 Å². The van der Waals surface area contributed by atoms with Crippen LogP contribution in [0.25, 0.3) is 0 Å². The number of carbonyl (C=O) groups is 1. The fraction of sp³-hybridized carbons (Fsp3) is 0.966. The average Bonchev–Trinajstić information content (AvgIpc) is 2.87. The largest absolute Gasteiger partial charge is 0.459 e. The Morgan fingerprint density at radius 2 is 1.23 bits per heavy atom. The molecule has 2 unspecified atom stereocenters. The van der Waals surface area contributed by atoms with E-state index in [1.54, 1.807) is 21.3 Å². The summed E-state index contributed by atoms with van der Waals surface area (Å²) in [6.07, 6.45) is 23.5. The van der Waals surface area contributed by atoms with Gasteiger partial charge in [-0.15, -0.1) is 0 Å². The molecule has 0 spiro atoms. The number of unbranched alkanes of at least 4 members (excludes halogenated alkanes) is 14. The van der Waals surface area contributed by atoms with Crippen LogP contribution in [0.15, 0.2) is 0 Å². The number of hydrogen-bond acceptors (Lipinski definition) is 5. The zero-order chi connectivity index (χ0) is 25.8. The second kappa shape index (κ2) is 19.6. The van der Waals surface area contributed by atoms with E-state index in [1.807, 2.05) is 0 Å². The Bertz CT molecular complexity index is 525. The van der Waals surface area contributed by atoms with E-state index in [0.717, 1.165) is 44.6 Å². The van der Waals surface area contributed by atoms with Crippen LogP contribution in [0.1, 0.15) is 142 Å². The van der Waals surface area contributed by atoms with Crippen LogP contribution in [-0.2, 0) is 23.1 Å². The van der Waals surface area contributed by atoms with E-state index in [0.29, 0.717) is 6.42 Å². The summed E-state index contributed by atoms with van der Waals surface area (Å²) in [5, 5.41) is -0.631. The fourth-order valence-corrected chi connectivity index (χ4v) is 9.96. The van der Waals surface area contributed by atoms with Gasteiger partial charge in [0.05, 0.1) is 0 Å². The molecule has 6 heteroatoms. The Morgan fingerprint density at radius 1 is 0.743 bits per heavy atom. The zero-order valence-corrected chi connectivity index (χ0v) is 25.0. The number of hydrogen-bond donors (Lipinski definition) is 0. The minimum Gasteiger partial charge on any atom is -0.459 e. The summed E-state index contributed by atoms with van der Waals surface area (Å²) in [7, 11) is 2.53. The lowest BCUT2D eigenvalue weighted by Gasteiger charge is -2.51. The number of esters is 1. The smallest absolute Gasteiger partial charge is 0.374 e. The number of ether oxygens (including phenoxy) is 2. The standard InChI is InChI=1S/C29H58O5Si/c1-6-8-9-10-11-12-13-14-15-16-17-18-19-20-21-24-28(30)34-27-23-22-26-35(32-4,33-5)29(27,31-3)25-7-2/h27H,6-26H2,1-5H3. The number of methoxy groups -OCH3 is 1. The van der Waals surface area contributed by atoms with Crippen molar-refractivity contribution in [3.63, 3.8) is 0 Å². The third-order valence-electron chi connectivity index (χ3n) is 8.04. The average molecular weight is 515 g/mol. The minimum absolute atomic E-state index is 0.0979. The second-order valence-corrected chi connectivity index (χ2v) is 14.2. The molecule has 0 amide bonds. The first kappa shape index (κ1) is 32.6. The van der Waals surface area contributed by atoms with Crippen molar-refractivity contribution in [2.45, 2.75) is 160 Å². The second-order valence-electron chi connectivity index (χ2n) is 10.6. The maximum absolute atomic E-state index is 12.7.